The zero-order chi connectivity index (χ0) is 15.4. The molecular weight excluding hydrogens is 336 g/mol. The summed E-state index contributed by atoms with van der Waals surface area (Å²) in [7, 11) is 1.33. The van der Waals surface area contributed by atoms with E-state index < -0.39 is 5.97 Å². The molecule has 1 aromatic carbocycles. The van der Waals surface area contributed by atoms with Crippen molar-refractivity contribution in [1.29, 1.82) is 0 Å². The highest BCUT2D eigenvalue weighted by Crippen LogP contribution is 2.18. The van der Waals surface area contributed by atoms with Crippen molar-refractivity contribution in [2.45, 2.75) is 6.92 Å². The fourth-order valence-corrected chi connectivity index (χ4v) is 2.14. The van der Waals surface area contributed by atoms with Crippen molar-refractivity contribution in [2.24, 2.45) is 0 Å². The molecule has 0 spiro atoms. The van der Waals surface area contributed by atoms with E-state index >= 15 is 0 Å². The third-order valence-corrected chi connectivity index (χ3v) is 3.30. The van der Waals surface area contributed by atoms with Gasteiger partial charge >= 0.3 is 5.97 Å². The maximum Gasteiger partial charge on any atom is 0.337 e. The van der Waals surface area contributed by atoms with Crippen LogP contribution in [-0.2, 0) is 4.74 Å². The monoisotopic (exact) mass is 348 g/mol. The van der Waals surface area contributed by atoms with E-state index in [1.807, 2.05) is 0 Å². The van der Waals surface area contributed by atoms with Crippen LogP contribution in [0.3, 0.4) is 0 Å². The molecule has 2 aromatic rings. The van der Waals surface area contributed by atoms with E-state index in [0.29, 0.717) is 16.8 Å². The number of anilines is 1. The van der Waals surface area contributed by atoms with Gasteiger partial charge in [0.15, 0.2) is 0 Å². The van der Waals surface area contributed by atoms with Gasteiger partial charge in [-0.3, -0.25) is 9.78 Å². The molecule has 0 fully saturated rings. The number of pyridine rings is 1. The summed E-state index contributed by atoms with van der Waals surface area (Å²) < 4.78 is 5.38. The Morgan fingerprint density at radius 3 is 2.57 bits per heavy atom. The lowest BCUT2D eigenvalue weighted by Crippen LogP contribution is -2.13. The molecule has 0 bridgehead atoms. The molecule has 5 nitrogen and oxygen atoms in total. The minimum absolute atomic E-state index is 0.266. The first-order valence-electron chi connectivity index (χ1n) is 6.12. The van der Waals surface area contributed by atoms with Crippen LogP contribution in [0.4, 0.5) is 5.69 Å². The molecule has 108 valence electrons. The van der Waals surface area contributed by atoms with Gasteiger partial charge in [-0.25, -0.2) is 4.79 Å². The number of nitrogens with one attached hydrogen (secondary N) is 1. The lowest BCUT2D eigenvalue weighted by Gasteiger charge is -2.09. The number of benzene rings is 1. The number of halogens is 1. The molecule has 0 aliphatic heterocycles. The van der Waals surface area contributed by atoms with Gasteiger partial charge in [0.1, 0.15) is 0 Å². The number of aryl methyl sites for hydroxylation is 1. The maximum absolute atomic E-state index is 12.1. The van der Waals surface area contributed by atoms with Crippen LogP contribution >= 0.6 is 15.9 Å². The van der Waals surface area contributed by atoms with Gasteiger partial charge in [-0.15, -0.1) is 0 Å². The number of carbonyl (C=O) groups is 2. The number of aromatic nitrogens is 1. The van der Waals surface area contributed by atoms with E-state index in [4.69, 9.17) is 0 Å². The fraction of sp³-hybridized carbons (Fsp3) is 0.133. The summed E-state index contributed by atoms with van der Waals surface area (Å²) >= 11 is 3.27. The number of ether oxygens (including phenoxy) is 1. The highest BCUT2D eigenvalue weighted by molar-refractivity contribution is 9.10. The summed E-state index contributed by atoms with van der Waals surface area (Å²) in [6.45, 7) is 1.81. The minimum Gasteiger partial charge on any atom is -0.465 e. The largest absolute Gasteiger partial charge is 0.465 e. The molecule has 1 aromatic heterocycles. The van der Waals surface area contributed by atoms with Crippen LogP contribution < -0.4 is 5.32 Å². The van der Waals surface area contributed by atoms with Gasteiger partial charge in [0.05, 0.1) is 18.2 Å². The maximum atomic E-state index is 12.1. The van der Waals surface area contributed by atoms with Crippen molar-refractivity contribution < 1.29 is 14.3 Å². The van der Waals surface area contributed by atoms with Crippen molar-refractivity contribution in [3.63, 3.8) is 0 Å². The molecule has 1 N–H and O–H groups in total. The highest BCUT2D eigenvalue weighted by atomic mass is 79.9. The second kappa shape index (κ2) is 6.49. The van der Waals surface area contributed by atoms with Gasteiger partial charge in [0.2, 0.25) is 0 Å². The van der Waals surface area contributed by atoms with E-state index in [1.165, 1.54) is 13.3 Å². The standard InChI is InChI=1S/C15H13BrN2O3/c1-9-5-10(15(20)21-2)3-4-13(9)18-14(19)11-6-12(16)8-17-7-11/h3-8H,1-2H3,(H,18,19). The first-order valence-corrected chi connectivity index (χ1v) is 6.91. The smallest absolute Gasteiger partial charge is 0.337 e. The summed E-state index contributed by atoms with van der Waals surface area (Å²) in [4.78, 5) is 27.5. The number of nitrogens with zero attached hydrogens (tertiary/aromatic N) is 1. The summed E-state index contributed by atoms with van der Waals surface area (Å²) in [5.41, 5.74) is 2.29. The highest BCUT2D eigenvalue weighted by Gasteiger charge is 2.11. The molecule has 2 rings (SSSR count). The zero-order valence-corrected chi connectivity index (χ0v) is 13.1. The Morgan fingerprint density at radius 2 is 1.95 bits per heavy atom. The van der Waals surface area contributed by atoms with Gasteiger partial charge in [0.25, 0.3) is 5.91 Å². The predicted molar refractivity (Wildman–Crippen MR) is 82.4 cm³/mol. The summed E-state index contributed by atoms with van der Waals surface area (Å²) in [5, 5.41) is 2.79. The van der Waals surface area contributed by atoms with Crippen LogP contribution in [0.2, 0.25) is 0 Å². The van der Waals surface area contributed by atoms with Crippen LogP contribution in [0.25, 0.3) is 0 Å². The summed E-state index contributed by atoms with van der Waals surface area (Å²) in [6.07, 6.45) is 3.09. The van der Waals surface area contributed by atoms with Crippen LogP contribution in [0.15, 0.2) is 41.1 Å². The fourth-order valence-electron chi connectivity index (χ4n) is 1.78. The van der Waals surface area contributed by atoms with E-state index in [1.54, 1.807) is 37.4 Å². The van der Waals surface area contributed by atoms with Crippen LogP contribution in [0.1, 0.15) is 26.3 Å². The lowest BCUT2D eigenvalue weighted by molar-refractivity contribution is 0.0600. The molecule has 0 atom stereocenters. The lowest BCUT2D eigenvalue weighted by atomic mass is 10.1. The van der Waals surface area contributed by atoms with Crippen LogP contribution in [0, 0.1) is 6.92 Å². The molecule has 0 unspecified atom stereocenters. The Hall–Kier alpha value is -2.21. The van der Waals surface area contributed by atoms with Gasteiger partial charge in [-0.1, -0.05) is 0 Å². The zero-order valence-electron chi connectivity index (χ0n) is 11.5. The number of rotatable bonds is 3. The molecule has 6 heteroatoms. The molecule has 0 saturated heterocycles. The van der Waals surface area contributed by atoms with E-state index in [0.717, 1.165) is 10.0 Å². The third-order valence-electron chi connectivity index (χ3n) is 2.86. The minimum atomic E-state index is -0.410. The van der Waals surface area contributed by atoms with Gasteiger partial charge in [-0.2, -0.15) is 0 Å². The van der Waals surface area contributed by atoms with E-state index in [2.05, 4.69) is 31.0 Å². The Morgan fingerprint density at radius 1 is 1.19 bits per heavy atom. The average molecular weight is 349 g/mol. The normalized spacial score (nSPS) is 10.0. The molecular formula is C15H13BrN2O3. The Kier molecular flexibility index (Phi) is 4.70. The van der Waals surface area contributed by atoms with Crippen LogP contribution in [0.5, 0.6) is 0 Å². The number of hydrogen-bond donors (Lipinski definition) is 1. The molecule has 1 heterocycles. The van der Waals surface area contributed by atoms with Crippen molar-refractivity contribution in [1.82, 2.24) is 4.98 Å². The molecule has 21 heavy (non-hydrogen) atoms. The SMILES string of the molecule is COC(=O)c1ccc(NC(=O)c2cncc(Br)c2)c(C)c1. The quantitative estimate of drug-likeness (QED) is 0.865. The topological polar surface area (TPSA) is 68.3 Å². The Balaban J connectivity index is 2.20. The van der Waals surface area contributed by atoms with Crippen LogP contribution in [-0.4, -0.2) is 24.0 Å². The Bertz CT molecular complexity index is 701. The van der Waals surface area contributed by atoms with Gasteiger partial charge in [-0.05, 0) is 52.7 Å². The Labute approximate surface area is 130 Å². The number of hydrogen-bond acceptors (Lipinski definition) is 4. The molecule has 0 radical (unpaired) electrons. The molecule has 1 amide bonds. The van der Waals surface area contributed by atoms with Crippen molar-refractivity contribution in [3.05, 3.63) is 57.8 Å². The van der Waals surface area contributed by atoms with E-state index in [9.17, 15) is 9.59 Å². The summed E-state index contributed by atoms with van der Waals surface area (Å²) in [5.74, 6) is -0.676. The second-order valence-electron chi connectivity index (χ2n) is 4.37. The predicted octanol–water partition coefficient (Wildman–Crippen LogP) is 3.19. The third kappa shape index (κ3) is 3.66. The summed E-state index contributed by atoms with van der Waals surface area (Å²) in [6, 6.07) is 6.62. The average Bonchev–Trinajstić information content (AvgIpc) is 2.48. The molecule has 0 aliphatic rings. The molecule has 0 aliphatic carbocycles. The molecule has 0 saturated carbocycles. The first kappa shape index (κ1) is 15.2. The number of methoxy groups -OCH3 is 1. The number of amides is 1. The van der Waals surface area contributed by atoms with Crippen molar-refractivity contribution in [2.75, 3.05) is 12.4 Å². The first-order chi connectivity index (χ1) is 10.0. The second-order valence-corrected chi connectivity index (χ2v) is 5.28. The van der Waals surface area contributed by atoms with Crippen molar-refractivity contribution >= 4 is 33.5 Å². The van der Waals surface area contributed by atoms with E-state index in [-0.39, 0.29) is 5.91 Å². The van der Waals surface area contributed by atoms with Crippen molar-refractivity contribution in [3.8, 4) is 0 Å². The van der Waals surface area contributed by atoms with Gasteiger partial charge in [0, 0.05) is 22.6 Å². The van der Waals surface area contributed by atoms with Gasteiger partial charge < -0.3 is 10.1 Å². The number of carbonyl (C=O) groups excluding carboxylic acids is 2. The number of esters is 1.